The Morgan fingerprint density at radius 1 is 1.03 bits per heavy atom. The van der Waals surface area contributed by atoms with Crippen LogP contribution >= 0.6 is 0 Å². The van der Waals surface area contributed by atoms with Crippen molar-refractivity contribution < 1.29 is 12.6 Å². The topological polar surface area (TPSA) is 66.8 Å². The van der Waals surface area contributed by atoms with Crippen molar-refractivity contribution in [3.05, 3.63) is 59.3 Å². The molecule has 1 fully saturated rings. The van der Waals surface area contributed by atoms with Gasteiger partial charge in [-0.1, -0.05) is 17.7 Å². The minimum atomic E-state index is -3.81. The summed E-state index contributed by atoms with van der Waals surface area (Å²) in [7, 11) is -3.81. The lowest BCUT2D eigenvalue weighted by molar-refractivity contribution is 0.190. The van der Waals surface area contributed by atoms with E-state index in [1.165, 1.54) is 27.8 Å². The summed E-state index contributed by atoms with van der Waals surface area (Å²) < 4.78 is 34.4. The van der Waals surface area contributed by atoms with Crippen molar-refractivity contribution in [3.8, 4) is 0 Å². The third-order valence-corrected chi connectivity index (χ3v) is 9.33. The van der Waals surface area contributed by atoms with Gasteiger partial charge >= 0.3 is 0 Å². The van der Waals surface area contributed by atoms with Crippen molar-refractivity contribution >= 4 is 26.7 Å². The number of hydrogen-bond acceptors (Lipinski definition) is 6. The first-order chi connectivity index (χ1) is 17.9. The van der Waals surface area contributed by atoms with Crippen LogP contribution in [-0.2, 0) is 33.7 Å². The number of nitrogens with zero attached hydrogens (tertiary/aromatic N) is 3. The van der Waals surface area contributed by atoms with Crippen molar-refractivity contribution in [1.29, 1.82) is 0 Å². The first-order valence-corrected chi connectivity index (χ1v) is 15.1. The van der Waals surface area contributed by atoms with Gasteiger partial charge in [-0.3, -0.25) is 9.08 Å². The molecule has 0 saturated carbocycles. The molecule has 8 heteroatoms. The second kappa shape index (κ2) is 11.2. The minimum Gasteiger partial charge on any atom is -0.372 e. The van der Waals surface area contributed by atoms with Crippen molar-refractivity contribution in [3.63, 3.8) is 0 Å². The number of aryl methyl sites for hydroxylation is 1. The number of rotatable bonds is 9. The fourth-order valence-electron chi connectivity index (χ4n) is 5.84. The van der Waals surface area contributed by atoms with Crippen LogP contribution in [0.3, 0.4) is 0 Å². The number of piperazine rings is 1. The molecule has 1 atom stereocenters. The van der Waals surface area contributed by atoms with E-state index in [4.69, 9.17) is 4.18 Å². The molecule has 3 aromatic rings. The molecule has 1 aliphatic heterocycles. The minimum absolute atomic E-state index is 0.228. The zero-order chi connectivity index (χ0) is 26.0. The summed E-state index contributed by atoms with van der Waals surface area (Å²) in [6, 6.07) is 13.7. The molecule has 1 unspecified atom stereocenters. The fraction of sp³-hybridized carbons (Fsp3) is 0.517. The molecule has 1 aromatic heterocycles. The van der Waals surface area contributed by atoms with Crippen molar-refractivity contribution in [2.45, 2.75) is 57.6 Å². The number of nitrogens with one attached hydrogen (secondary N) is 1. The quantitative estimate of drug-likeness (QED) is 0.428. The highest BCUT2D eigenvalue weighted by molar-refractivity contribution is 7.86. The lowest BCUT2D eigenvalue weighted by atomic mass is 9.93. The van der Waals surface area contributed by atoms with E-state index < -0.39 is 10.1 Å². The van der Waals surface area contributed by atoms with Gasteiger partial charge in [0.05, 0.1) is 11.0 Å². The van der Waals surface area contributed by atoms with Gasteiger partial charge < -0.3 is 14.8 Å². The maximum Gasteiger partial charge on any atom is 0.297 e. The van der Waals surface area contributed by atoms with Crippen LogP contribution < -0.4 is 10.2 Å². The van der Waals surface area contributed by atoms with E-state index in [0.717, 1.165) is 64.3 Å². The van der Waals surface area contributed by atoms with Gasteiger partial charge in [0.2, 0.25) is 0 Å². The van der Waals surface area contributed by atoms with Gasteiger partial charge in [0, 0.05) is 81.1 Å². The Hall–Kier alpha value is -2.39. The van der Waals surface area contributed by atoms with Crippen LogP contribution in [-0.4, -0.2) is 69.8 Å². The molecule has 1 aliphatic carbocycles. The molecule has 5 rings (SSSR count). The molecule has 0 bridgehead atoms. The Morgan fingerprint density at radius 3 is 2.46 bits per heavy atom. The number of aromatic nitrogens is 1. The third-order valence-electron chi connectivity index (χ3n) is 7.96. The Morgan fingerprint density at radius 2 is 1.76 bits per heavy atom. The van der Waals surface area contributed by atoms with E-state index >= 15 is 0 Å². The smallest absolute Gasteiger partial charge is 0.297 e. The van der Waals surface area contributed by atoms with E-state index in [1.807, 2.05) is 19.1 Å². The standard InChI is InChI=1S/C29H40N4O3S/c1-4-32(5-2)23-8-12-28-26(20-23)27-21-24(36-37(34,35)25-10-6-22(3)7-11-25)9-13-29(27)33(28)19-18-31-16-14-30-15-17-31/h6-8,10-12,20,24,30H,4-5,9,13-19,21H2,1-3H3. The first-order valence-electron chi connectivity index (χ1n) is 13.7. The maximum absolute atomic E-state index is 13.0. The predicted molar refractivity (Wildman–Crippen MR) is 150 cm³/mol. The van der Waals surface area contributed by atoms with Crippen LogP contribution in [0.5, 0.6) is 0 Å². The van der Waals surface area contributed by atoms with Gasteiger partial charge in [0.15, 0.2) is 0 Å². The Balaban J connectivity index is 1.45. The van der Waals surface area contributed by atoms with Gasteiger partial charge in [-0.05, 0) is 69.5 Å². The summed E-state index contributed by atoms with van der Waals surface area (Å²) in [6.07, 6.45) is 1.77. The van der Waals surface area contributed by atoms with Gasteiger partial charge in [-0.25, -0.2) is 0 Å². The molecule has 2 aromatic carbocycles. The number of anilines is 1. The van der Waals surface area contributed by atoms with Crippen LogP contribution in [0.15, 0.2) is 47.4 Å². The molecule has 1 saturated heterocycles. The summed E-state index contributed by atoms with van der Waals surface area (Å²) in [4.78, 5) is 5.12. The monoisotopic (exact) mass is 524 g/mol. The van der Waals surface area contributed by atoms with Crippen LogP contribution in [0, 0.1) is 6.92 Å². The lowest BCUT2D eigenvalue weighted by Gasteiger charge is -2.28. The number of fused-ring (bicyclic) bond motifs is 3. The fourth-order valence-corrected chi connectivity index (χ4v) is 6.95. The predicted octanol–water partition coefficient (Wildman–Crippen LogP) is 3.96. The van der Waals surface area contributed by atoms with Gasteiger partial charge in [0.25, 0.3) is 10.1 Å². The molecule has 0 spiro atoms. The molecular formula is C29H40N4O3S. The van der Waals surface area contributed by atoms with E-state index in [-0.39, 0.29) is 11.0 Å². The normalized spacial score (nSPS) is 18.7. The summed E-state index contributed by atoms with van der Waals surface area (Å²) in [5.74, 6) is 0. The average molecular weight is 525 g/mol. The van der Waals surface area contributed by atoms with Crippen molar-refractivity contribution in [1.82, 2.24) is 14.8 Å². The second-order valence-corrected chi connectivity index (χ2v) is 11.8. The van der Waals surface area contributed by atoms with E-state index in [1.54, 1.807) is 12.1 Å². The second-order valence-electron chi connectivity index (χ2n) is 10.3. The summed E-state index contributed by atoms with van der Waals surface area (Å²) in [5.41, 5.74) is 6.08. The zero-order valence-electron chi connectivity index (χ0n) is 22.4. The van der Waals surface area contributed by atoms with Gasteiger partial charge in [-0.2, -0.15) is 8.42 Å². The first kappa shape index (κ1) is 26.2. The van der Waals surface area contributed by atoms with Crippen LogP contribution in [0.25, 0.3) is 10.9 Å². The Kier molecular flexibility index (Phi) is 7.91. The highest BCUT2D eigenvalue weighted by atomic mass is 32.2. The molecule has 200 valence electrons. The molecule has 2 aliphatic rings. The summed E-state index contributed by atoms with van der Waals surface area (Å²) >= 11 is 0. The van der Waals surface area contributed by atoms with E-state index in [2.05, 4.69) is 51.7 Å². The van der Waals surface area contributed by atoms with Gasteiger partial charge in [-0.15, -0.1) is 0 Å². The summed E-state index contributed by atoms with van der Waals surface area (Å²) in [5, 5.41) is 4.67. The molecule has 2 heterocycles. The molecule has 7 nitrogen and oxygen atoms in total. The lowest BCUT2D eigenvalue weighted by Crippen LogP contribution is -2.44. The van der Waals surface area contributed by atoms with Crippen molar-refractivity contribution in [2.24, 2.45) is 0 Å². The molecule has 37 heavy (non-hydrogen) atoms. The van der Waals surface area contributed by atoms with Crippen LogP contribution in [0.1, 0.15) is 37.1 Å². The average Bonchev–Trinajstić information content (AvgIpc) is 3.21. The van der Waals surface area contributed by atoms with Crippen LogP contribution in [0.4, 0.5) is 5.69 Å². The Labute approximate surface area is 221 Å². The highest BCUT2D eigenvalue weighted by Gasteiger charge is 2.30. The van der Waals surface area contributed by atoms with Crippen LogP contribution in [0.2, 0.25) is 0 Å². The molecule has 1 N–H and O–H groups in total. The molecule has 0 radical (unpaired) electrons. The maximum atomic E-state index is 13.0. The third kappa shape index (κ3) is 5.58. The Bertz CT molecular complexity index is 1320. The SMILES string of the molecule is CCN(CC)c1ccc2c(c1)c1c(n2CCN2CCNCC2)CCC(OS(=O)(=O)c2ccc(C)cc2)C1. The highest BCUT2D eigenvalue weighted by Crippen LogP contribution is 2.36. The zero-order valence-corrected chi connectivity index (χ0v) is 23.2. The van der Waals surface area contributed by atoms with Crippen molar-refractivity contribution in [2.75, 3.05) is 50.7 Å². The van der Waals surface area contributed by atoms with Gasteiger partial charge in [0.1, 0.15) is 0 Å². The number of hydrogen-bond donors (Lipinski definition) is 1. The molecule has 0 amide bonds. The van der Waals surface area contributed by atoms with E-state index in [9.17, 15) is 8.42 Å². The summed E-state index contributed by atoms with van der Waals surface area (Å²) in [6.45, 7) is 14.5. The number of benzene rings is 2. The van der Waals surface area contributed by atoms with E-state index in [0.29, 0.717) is 12.8 Å². The molecular weight excluding hydrogens is 484 g/mol. The largest absolute Gasteiger partial charge is 0.372 e.